The van der Waals surface area contributed by atoms with Gasteiger partial charge in [0.05, 0.1) is 16.1 Å². The summed E-state index contributed by atoms with van der Waals surface area (Å²) in [5, 5.41) is 16.4. The van der Waals surface area contributed by atoms with Gasteiger partial charge in [0.1, 0.15) is 11.6 Å². The number of benzene rings is 2. The van der Waals surface area contributed by atoms with Gasteiger partial charge in [-0.2, -0.15) is 0 Å². The molecule has 4 N–H and O–H groups in total. The Bertz CT molecular complexity index is 1700. The van der Waals surface area contributed by atoms with Crippen molar-refractivity contribution < 1.29 is 22.2 Å². The van der Waals surface area contributed by atoms with E-state index in [1.54, 1.807) is 46.3 Å². The molecule has 0 saturated carbocycles. The Labute approximate surface area is 243 Å². The SMILES string of the molecule is C=Cn1ccnc1-c1nc(N)c2ccccc2n1.C=Cn1ccnc1-c1nc(N)c2ccccc2n1.O=[N+]([O-])[O-].[Cu+]. The number of para-hydroxylation sites is 2. The van der Waals surface area contributed by atoms with Gasteiger partial charge in [0.2, 0.25) is 0 Å². The summed E-state index contributed by atoms with van der Waals surface area (Å²) in [6.45, 7) is 7.42. The van der Waals surface area contributed by atoms with E-state index in [1.165, 1.54) is 0 Å². The topological polar surface area (TPSA) is 205 Å². The largest absolute Gasteiger partial charge is 1.00 e. The van der Waals surface area contributed by atoms with Crippen molar-refractivity contribution in [2.24, 2.45) is 0 Å². The van der Waals surface area contributed by atoms with Gasteiger partial charge in [-0.05, 0) is 24.3 Å². The molecular formula is C26H22CuN11O3. The molecule has 0 aliphatic carbocycles. The van der Waals surface area contributed by atoms with Crippen molar-refractivity contribution in [1.82, 2.24) is 39.0 Å². The van der Waals surface area contributed by atoms with Crippen LogP contribution in [0, 0.1) is 15.3 Å². The van der Waals surface area contributed by atoms with E-state index in [4.69, 9.17) is 26.8 Å². The maximum Gasteiger partial charge on any atom is 1.00 e. The predicted molar refractivity (Wildman–Crippen MR) is 153 cm³/mol. The van der Waals surface area contributed by atoms with Gasteiger partial charge in [-0.15, -0.1) is 0 Å². The third-order valence-corrected chi connectivity index (χ3v) is 5.40. The minimum Gasteiger partial charge on any atom is -0.383 e. The fourth-order valence-electron chi connectivity index (χ4n) is 3.67. The number of hydrogen-bond donors (Lipinski definition) is 2. The molecule has 0 radical (unpaired) electrons. The Balaban J connectivity index is 0.000000196. The van der Waals surface area contributed by atoms with Gasteiger partial charge in [0.15, 0.2) is 23.3 Å². The fraction of sp³-hybridized carbons (Fsp3) is 0. The predicted octanol–water partition coefficient (Wildman–Crippen LogP) is 4.11. The first-order chi connectivity index (χ1) is 19.3. The van der Waals surface area contributed by atoms with Crippen LogP contribution in [0.4, 0.5) is 11.6 Å². The van der Waals surface area contributed by atoms with Crippen molar-refractivity contribution in [1.29, 1.82) is 0 Å². The van der Waals surface area contributed by atoms with E-state index in [-0.39, 0.29) is 17.1 Å². The second kappa shape index (κ2) is 13.4. The van der Waals surface area contributed by atoms with Gasteiger partial charge in [-0.1, -0.05) is 37.4 Å². The quantitative estimate of drug-likeness (QED) is 0.167. The molecule has 0 aliphatic heterocycles. The number of nitrogens with two attached hydrogens (primary N) is 2. The molecule has 0 bridgehead atoms. The second-order valence-electron chi connectivity index (χ2n) is 7.80. The molecule has 0 amide bonds. The van der Waals surface area contributed by atoms with Crippen LogP contribution in [0.1, 0.15) is 0 Å². The Morgan fingerprint density at radius 2 is 1.07 bits per heavy atom. The van der Waals surface area contributed by atoms with Gasteiger partial charge < -0.3 is 35.9 Å². The van der Waals surface area contributed by atoms with Crippen molar-refractivity contribution in [2.75, 3.05) is 11.5 Å². The van der Waals surface area contributed by atoms with E-state index in [0.717, 1.165) is 21.8 Å². The number of aromatic nitrogens is 8. The summed E-state index contributed by atoms with van der Waals surface area (Å²) in [5.41, 5.74) is 13.5. The zero-order valence-electron chi connectivity index (χ0n) is 21.2. The molecule has 0 saturated heterocycles. The van der Waals surface area contributed by atoms with E-state index >= 15 is 0 Å². The molecule has 4 heterocycles. The maximum absolute atomic E-state index is 8.25. The second-order valence-corrected chi connectivity index (χ2v) is 7.80. The average Bonchev–Trinajstić information content (AvgIpc) is 3.63. The van der Waals surface area contributed by atoms with Crippen LogP contribution in [-0.4, -0.2) is 44.1 Å². The van der Waals surface area contributed by atoms with Crippen molar-refractivity contribution in [2.45, 2.75) is 0 Å². The van der Waals surface area contributed by atoms with E-state index in [0.29, 0.717) is 34.9 Å². The van der Waals surface area contributed by atoms with Crippen LogP contribution >= 0.6 is 0 Å². The summed E-state index contributed by atoms with van der Waals surface area (Å²) in [6.07, 6.45) is 10.2. The van der Waals surface area contributed by atoms with E-state index in [9.17, 15) is 0 Å². The smallest absolute Gasteiger partial charge is 0.383 e. The summed E-state index contributed by atoms with van der Waals surface area (Å²) in [6, 6.07) is 15.2. The molecule has 2 aromatic carbocycles. The molecule has 0 fully saturated rings. The van der Waals surface area contributed by atoms with Gasteiger partial charge >= 0.3 is 17.1 Å². The van der Waals surface area contributed by atoms with E-state index in [2.05, 4.69) is 43.1 Å². The minimum atomic E-state index is -1.75. The molecular weight excluding hydrogens is 578 g/mol. The minimum absolute atomic E-state index is 0. The monoisotopic (exact) mass is 599 g/mol. The molecule has 6 aromatic rings. The van der Waals surface area contributed by atoms with Crippen LogP contribution in [0.3, 0.4) is 0 Å². The first-order valence-electron chi connectivity index (χ1n) is 11.5. The van der Waals surface area contributed by atoms with Crippen LogP contribution < -0.4 is 11.5 Å². The number of imidazole rings is 2. The number of fused-ring (bicyclic) bond motifs is 2. The number of nitrogen functional groups attached to an aromatic ring is 2. The standard InChI is InChI=1S/2C13H11N5.Cu.NO3/c2*1-2-18-8-7-15-13(18)12-16-10-6-4-3-5-9(10)11(14)17-12;;2-1(3)4/h2*2-8H,1H2,(H2,14,16,17);;/q;;+1;-1. The van der Waals surface area contributed by atoms with E-state index < -0.39 is 5.09 Å². The summed E-state index contributed by atoms with van der Waals surface area (Å²) in [7, 11) is 0. The first kappa shape index (κ1) is 29.9. The molecule has 210 valence electrons. The zero-order chi connectivity index (χ0) is 28.6. The molecule has 0 aliphatic rings. The number of anilines is 2. The molecule has 6 rings (SSSR count). The van der Waals surface area contributed by atoms with Crippen molar-refractivity contribution >= 4 is 45.8 Å². The van der Waals surface area contributed by atoms with Crippen LogP contribution in [0.5, 0.6) is 0 Å². The Kier molecular flexibility index (Phi) is 9.78. The van der Waals surface area contributed by atoms with E-state index in [1.807, 2.05) is 48.5 Å². The molecule has 0 atom stereocenters. The Hall–Kier alpha value is -5.66. The van der Waals surface area contributed by atoms with Crippen LogP contribution in [0.15, 0.2) is 86.5 Å². The van der Waals surface area contributed by atoms with Gasteiger partial charge in [-0.3, -0.25) is 0 Å². The van der Waals surface area contributed by atoms with Crippen molar-refractivity contribution in [3.8, 4) is 23.3 Å². The third kappa shape index (κ3) is 6.86. The van der Waals surface area contributed by atoms with Crippen LogP contribution in [0.2, 0.25) is 0 Å². The Morgan fingerprint density at radius 3 is 1.44 bits per heavy atom. The summed E-state index contributed by atoms with van der Waals surface area (Å²) < 4.78 is 3.51. The molecule has 15 heteroatoms. The summed E-state index contributed by atoms with van der Waals surface area (Å²) in [4.78, 5) is 34.2. The summed E-state index contributed by atoms with van der Waals surface area (Å²) >= 11 is 0. The third-order valence-electron chi connectivity index (χ3n) is 5.40. The molecule has 14 nitrogen and oxygen atoms in total. The van der Waals surface area contributed by atoms with Crippen LogP contribution in [0.25, 0.3) is 57.5 Å². The average molecular weight is 600 g/mol. The molecule has 0 unspecified atom stereocenters. The molecule has 41 heavy (non-hydrogen) atoms. The molecule has 0 spiro atoms. The number of hydrogen-bond acceptors (Lipinski definition) is 11. The van der Waals surface area contributed by atoms with Crippen LogP contribution in [-0.2, 0) is 17.1 Å². The fourth-order valence-corrected chi connectivity index (χ4v) is 3.67. The van der Waals surface area contributed by atoms with Gasteiger partial charge in [0.25, 0.3) is 0 Å². The van der Waals surface area contributed by atoms with Crippen molar-refractivity contribution in [3.05, 3.63) is 102 Å². The number of rotatable bonds is 4. The Morgan fingerprint density at radius 1 is 0.707 bits per heavy atom. The van der Waals surface area contributed by atoms with Gasteiger partial charge in [0, 0.05) is 48.0 Å². The molecule has 4 aromatic heterocycles. The summed E-state index contributed by atoms with van der Waals surface area (Å²) in [5.74, 6) is 3.15. The van der Waals surface area contributed by atoms with Crippen molar-refractivity contribution in [3.63, 3.8) is 0 Å². The first-order valence-corrected chi connectivity index (χ1v) is 11.5. The normalized spacial score (nSPS) is 9.95. The van der Waals surface area contributed by atoms with Gasteiger partial charge in [-0.25, -0.2) is 29.9 Å². The number of nitrogens with zero attached hydrogens (tertiary/aromatic N) is 9. The zero-order valence-corrected chi connectivity index (χ0v) is 22.1. The maximum atomic E-state index is 8.25.